The van der Waals surface area contributed by atoms with Gasteiger partial charge in [-0.05, 0) is 36.2 Å². The summed E-state index contributed by atoms with van der Waals surface area (Å²) in [6, 6.07) is 10.5. The van der Waals surface area contributed by atoms with E-state index in [9.17, 15) is 8.42 Å². The Kier molecular flexibility index (Phi) is 4.50. The Morgan fingerprint density at radius 3 is 2.37 bits per heavy atom. The summed E-state index contributed by atoms with van der Waals surface area (Å²) in [6.07, 6.45) is 0.838. The maximum absolute atomic E-state index is 12.2. The second-order valence-corrected chi connectivity index (χ2v) is 7.36. The van der Waals surface area contributed by atoms with Crippen LogP contribution in [-0.2, 0) is 22.3 Å². The molecule has 1 heterocycles. The largest absolute Gasteiger partial charge is 0.279 e. The lowest BCUT2D eigenvalue weighted by molar-refractivity contribution is 0.603. The number of anilines is 1. The molecule has 0 fully saturated rings. The Hall–Kier alpha value is -1.04. The summed E-state index contributed by atoms with van der Waals surface area (Å²) in [5.74, 6) is 0.414. The minimum atomic E-state index is -3.49. The van der Waals surface area contributed by atoms with Crippen molar-refractivity contribution in [3.05, 3.63) is 46.8 Å². The van der Waals surface area contributed by atoms with Crippen molar-refractivity contribution in [2.75, 3.05) is 4.72 Å². The van der Waals surface area contributed by atoms with Crippen molar-refractivity contribution in [2.45, 2.75) is 23.4 Å². The maximum Gasteiger partial charge on any atom is 0.271 e. The predicted octanol–water partition coefficient (Wildman–Crippen LogP) is 3.85. The van der Waals surface area contributed by atoms with Crippen molar-refractivity contribution in [1.82, 2.24) is 0 Å². The minimum absolute atomic E-state index is 0.339. The second-order valence-electron chi connectivity index (χ2n) is 4.01. The molecule has 3 nitrogen and oxygen atoms in total. The molecule has 1 aromatic carbocycles. The number of nitrogens with one attached hydrogen (secondary N) is 1. The minimum Gasteiger partial charge on any atom is -0.279 e. The molecule has 102 valence electrons. The van der Waals surface area contributed by atoms with Crippen LogP contribution in [0.15, 0.2) is 40.6 Å². The Morgan fingerprint density at radius 1 is 1.16 bits per heavy atom. The second kappa shape index (κ2) is 5.94. The average molecular weight is 316 g/mol. The van der Waals surface area contributed by atoms with Crippen LogP contribution in [0.3, 0.4) is 0 Å². The third kappa shape index (κ3) is 3.49. The number of alkyl halides is 1. The van der Waals surface area contributed by atoms with Gasteiger partial charge in [0.2, 0.25) is 0 Å². The number of thiophene rings is 1. The summed E-state index contributed by atoms with van der Waals surface area (Å²) in [6.45, 7) is 2.00. The first-order chi connectivity index (χ1) is 9.05. The molecule has 0 saturated carbocycles. The summed E-state index contributed by atoms with van der Waals surface area (Å²) < 4.78 is 27.2. The number of sulfonamides is 1. The van der Waals surface area contributed by atoms with Gasteiger partial charge in [-0.3, -0.25) is 4.72 Å². The fraction of sp³-hybridized carbons (Fsp3) is 0.231. The molecule has 0 radical (unpaired) electrons. The molecule has 19 heavy (non-hydrogen) atoms. The van der Waals surface area contributed by atoms with Crippen LogP contribution in [0.4, 0.5) is 5.69 Å². The number of halogens is 1. The van der Waals surface area contributed by atoms with Gasteiger partial charge < -0.3 is 0 Å². The Labute approximate surface area is 122 Å². The molecule has 0 aliphatic heterocycles. The lowest BCUT2D eigenvalue weighted by Gasteiger charge is -2.06. The van der Waals surface area contributed by atoms with E-state index in [1.165, 1.54) is 11.3 Å². The first-order valence-electron chi connectivity index (χ1n) is 5.81. The zero-order valence-electron chi connectivity index (χ0n) is 10.4. The zero-order chi connectivity index (χ0) is 13.9. The van der Waals surface area contributed by atoms with Crippen LogP contribution in [0.1, 0.15) is 17.4 Å². The van der Waals surface area contributed by atoms with Gasteiger partial charge >= 0.3 is 0 Å². The Balaban J connectivity index is 2.20. The molecule has 0 saturated heterocycles. The molecule has 2 aromatic rings. The van der Waals surface area contributed by atoms with Crippen LogP contribution in [0, 0.1) is 0 Å². The van der Waals surface area contributed by atoms with Gasteiger partial charge in [-0.25, -0.2) is 8.42 Å². The van der Waals surface area contributed by atoms with E-state index in [1.807, 2.05) is 13.0 Å². The fourth-order valence-electron chi connectivity index (χ4n) is 1.56. The van der Waals surface area contributed by atoms with E-state index in [0.29, 0.717) is 15.8 Å². The lowest BCUT2D eigenvalue weighted by atomic mass is 10.2. The molecular weight excluding hydrogens is 302 g/mol. The zero-order valence-corrected chi connectivity index (χ0v) is 12.8. The molecule has 6 heteroatoms. The van der Waals surface area contributed by atoms with Crippen LogP contribution in [0.5, 0.6) is 0 Å². The topological polar surface area (TPSA) is 46.2 Å². The van der Waals surface area contributed by atoms with Gasteiger partial charge in [-0.2, -0.15) is 0 Å². The van der Waals surface area contributed by atoms with Crippen LogP contribution in [0.25, 0.3) is 0 Å². The maximum atomic E-state index is 12.2. The van der Waals surface area contributed by atoms with Crippen molar-refractivity contribution in [3.8, 4) is 0 Å². The van der Waals surface area contributed by atoms with Crippen LogP contribution < -0.4 is 4.72 Å². The SMILES string of the molecule is CCc1ccc(S(=O)(=O)Nc2ccc(CCl)cc2)s1. The number of hydrogen-bond acceptors (Lipinski definition) is 3. The van der Waals surface area contributed by atoms with Gasteiger partial charge in [-0.1, -0.05) is 19.1 Å². The Bertz CT molecular complexity index is 648. The first kappa shape index (κ1) is 14.4. The molecule has 1 N–H and O–H groups in total. The van der Waals surface area contributed by atoms with Crippen LogP contribution in [0.2, 0.25) is 0 Å². The number of aryl methyl sites for hydroxylation is 1. The average Bonchev–Trinajstić information content (AvgIpc) is 2.89. The monoisotopic (exact) mass is 315 g/mol. The van der Waals surface area contributed by atoms with Crippen LogP contribution >= 0.6 is 22.9 Å². The molecule has 1 aromatic heterocycles. The molecule has 0 spiro atoms. The van der Waals surface area contributed by atoms with E-state index in [1.54, 1.807) is 30.3 Å². The summed E-state index contributed by atoms with van der Waals surface area (Å²) in [5.41, 5.74) is 1.49. The van der Waals surface area contributed by atoms with Crippen LogP contribution in [-0.4, -0.2) is 8.42 Å². The summed E-state index contributed by atoms with van der Waals surface area (Å²) in [5, 5.41) is 0. The van der Waals surface area contributed by atoms with Gasteiger partial charge in [0, 0.05) is 16.4 Å². The first-order valence-corrected chi connectivity index (χ1v) is 8.65. The molecule has 0 aliphatic carbocycles. The van der Waals surface area contributed by atoms with Gasteiger partial charge in [0.25, 0.3) is 10.0 Å². The summed E-state index contributed by atoms with van der Waals surface area (Å²) in [7, 11) is -3.49. The standard InChI is InChI=1S/C13H14ClNO2S2/c1-2-12-7-8-13(18-12)19(16,17)15-11-5-3-10(9-14)4-6-11/h3-8,15H,2,9H2,1H3. The van der Waals surface area contributed by atoms with Gasteiger partial charge in [0.1, 0.15) is 4.21 Å². The van der Waals surface area contributed by atoms with Crippen molar-refractivity contribution >= 4 is 38.6 Å². The van der Waals surface area contributed by atoms with Crippen molar-refractivity contribution in [3.63, 3.8) is 0 Å². The number of hydrogen-bond donors (Lipinski definition) is 1. The lowest BCUT2D eigenvalue weighted by Crippen LogP contribution is -2.11. The highest BCUT2D eigenvalue weighted by Crippen LogP contribution is 2.24. The third-order valence-electron chi connectivity index (χ3n) is 2.61. The molecule has 0 amide bonds. The number of rotatable bonds is 5. The van der Waals surface area contributed by atoms with E-state index < -0.39 is 10.0 Å². The highest BCUT2D eigenvalue weighted by molar-refractivity contribution is 7.94. The van der Waals surface area contributed by atoms with Gasteiger partial charge in [0.05, 0.1) is 0 Å². The van der Waals surface area contributed by atoms with E-state index in [2.05, 4.69) is 4.72 Å². The highest BCUT2D eigenvalue weighted by atomic mass is 35.5. The molecule has 2 rings (SSSR count). The Morgan fingerprint density at radius 2 is 1.84 bits per heavy atom. The smallest absolute Gasteiger partial charge is 0.271 e. The predicted molar refractivity (Wildman–Crippen MR) is 80.5 cm³/mol. The van der Waals surface area contributed by atoms with E-state index in [0.717, 1.165) is 16.9 Å². The summed E-state index contributed by atoms with van der Waals surface area (Å²) in [4.78, 5) is 1.05. The van der Waals surface area contributed by atoms with Gasteiger partial charge in [0.15, 0.2) is 0 Å². The van der Waals surface area contributed by atoms with Crippen molar-refractivity contribution in [2.24, 2.45) is 0 Å². The fourth-order valence-corrected chi connectivity index (χ4v) is 4.09. The van der Waals surface area contributed by atoms with E-state index >= 15 is 0 Å². The normalized spacial score (nSPS) is 11.5. The number of benzene rings is 1. The highest BCUT2D eigenvalue weighted by Gasteiger charge is 2.16. The van der Waals surface area contributed by atoms with Gasteiger partial charge in [-0.15, -0.1) is 22.9 Å². The van der Waals surface area contributed by atoms with Crippen molar-refractivity contribution < 1.29 is 8.42 Å². The van der Waals surface area contributed by atoms with Crippen molar-refractivity contribution in [1.29, 1.82) is 0 Å². The molecule has 0 atom stereocenters. The third-order valence-corrected chi connectivity index (χ3v) is 6.02. The summed E-state index contributed by atoms with van der Waals surface area (Å²) >= 11 is 6.99. The molecule has 0 aliphatic rings. The van der Waals surface area contributed by atoms with E-state index in [4.69, 9.17) is 11.6 Å². The quantitative estimate of drug-likeness (QED) is 0.852. The molecule has 0 unspecified atom stereocenters. The van der Waals surface area contributed by atoms with E-state index in [-0.39, 0.29) is 0 Å². The molecular formula is C13H14ClNO2S2. The molecule has 0 bridgehead atoms.